The van der Waals surface area contributed by atoms with Crippen molar-refractivity contribution in [2.45, 2.75) is 45.1 Å². The number of esters is 1. The van der Waals surface area contributed by atoms with Crippen molar-refractivity contribution < 1.29 is 22.4 Å². The number of rotatable bonds is 7. The number of benzene rings is 2. The van der Waals surface area contributed by atoms with E-state index in [4.69, 9.17) is 9.15 Å². The van der Waals surface area contributed by atoms with Crippen molar-refractivity contribution in [3.8, 4) is 5.75 Å². The van der Waals surface area contributed by atoms with Crippen LogP contribution < -0.4 is 15.1 Å². The molecule has 0 fully saturated rings. The zero-order chi connectivity index (χ0) is 22.8. The van der Waals surface area contributed by atoms with Crippen LogP contribution >= 0.6 is 0 Å². The predicted molar refractivity (Wildman–Crippen MR) is 118 cm³/mol. The van der Waals surface area contributed by atoms with Crippen molar-refractivity contribution in [1.29, 1.82) is 0 Å². The Labute approximate surface area is 181 Å². The normalized spacial score (nSPS) is 13.7. The third-order valence-corrected chi connectivity index (χ3v) is 6.68. The first kappa shape index (κ1) is 22.7. The summed E-state index contributed by atoms with van der Waals surface area (Å²) < 4.78 is 38.7. The second-order valence-corrected chi connectivity index (χ2v) is 9.34. The van der Waals surface area contributed by atoms with Gasteiger partial charge in [-0.2, -0.15) is 4.72 Å². The molecule has 0 bridgehead atoms. The Morgan fingerprint density at radius 1 is 1.10 bits per heavy atom. The van der Waals surface area contributed by atoms with E-state index in [2.05, 4.69) is 4.72 Å². The molecule has 0 spiro atoms. The molecule has 31 heavy (non-hydrogen) atoms. The van der Waals surface area contributed by atoms with E-state index in [0.29, 0.717) is 6.42 Å². The first-order valence-corrected chi connectivity index (χ1v) is 11.4. The molecule has 0 aliphatic carbocycles. The van der Waals surface area contributed by atoms with Crippen molar-refractivity contribution in [1.82, 2.24) is 4.72 Å². The van der Waals surface area contributed by atoms with E-state index in [0.717, 1.165) is 16.5 Å². The molecule has 164 valence electrons. The average molecular weight is 444 g/mol. The number of fused-ring (bicyclic) bond motifs is 1. The summed E-state index contributed by atoms with van der Waals surface area (Å²) in [6.45, 7) is 7.27. The molecule has 1 N–H and O–H groups in total. The summed E-state index contributed by atoms with van der Waals surface area (Å²) in [6, 6.07) is 11.4. The minimum absolute atomic E-state index is 0.0714. The molecule has 0 unspecified atom stereocenters. The van der Waals surface area contributed by atoms with Crippen LogP contribution in [0.2, 0.25) is 0 Å². The molecule has 1 heterocycles. The third-order valence-electron chi connectivity index (χ3n) is 5.22. The Morgan fingerprint density at radius 3 is 2.42 bits per heavy atom. The van der Waals surface area contributed by atoms with Gasteiger partial charge in [0.15, 0.2) is 0 Å². The fourth-order valence-electron chi connectivity index (χ4n) is 3.13. The summed E-state index contributed by atoms with van der Waals surface area (Å²) in [6.07, 6.45) is 0.558. The number of aryl methyl sites for hydroxylation is 2. The lowest BCUT2D eigenvalue weighted by atomic mass is 10.0. The van der Waals surface area contributed by atoms with E-state index in [9.17, 15) is 18.0 Å². The first-order valence-electron chi connectivity index (χ1n) is 9.96. The van der Waals surface area contributed by atoms with Gasteiger partial charge in [-0.1, -0.05) is 38.0 Å². The highest BCUT2D eigenvalue weighted by atomic mass is 32.2. The Bertz CT molecular complexity index is 1260. The molecule has 0 radical (unpaired) electrons. The molecule has 2 aromatic carbocycles. The largest absolute Gasteiger partial charge is 0.425 e. The number of ether oxygens (including phenoxy) is 1. The van der Waals surface area contributed by atoms with Gasteiger partial charge >= 0.3 is 11.6 Å². The molecule has 0 saturated carbocycles. The quantitative estimate of drug-likeness (QED) is 0.339. The van der Waals surface area contributed by atoms with Crippen molar-refractivity contribution in [2.24, 2.45) is 5.92 Å². The van der Waals surface area contributed by atoms with E-state index < -0.39 is 27.7 Å². The van der Waals surface area contributed by atoms with Crippen LogP contribution in [-0.2, 0) is 14.8 Å². The van der Waals surface area contributed by atoms with Crippen molar-refractivity contribution >= 4 is 27.0 Å². The number of carbonyl (C=O) groups excluding carboxylic acids is 1. The Balaban J connectivity index is 1.87. The van der Waals surface area contributed by atoms with Crippen molar-refractivity contribution in [3.63, 3.8) is 0 Å². The van der Waals surface area contributed by atoms with Crippen LogP contribution in [0.25, 0.3) is 11.0 Å². The van der Waals surface area contributed by atoms with Gasteiger partial charge in [0.2, 0.25) is 10.0 Å². The van der Waals surface area contributed by atoms with Crippen LogP contribution in [0.3, 0.4) is 0 Å². The van der Waals surface area contributed by atoms with Gasteiger partial charge in [0.05, 0.1) is 4.90 Å². The van der Waals surface area contributed by atoms with E-state index in [1.54, 1.807) is 38.1 Å². The summed E-state index contributed by atoms with van der Waals surface area (Å²) >= 11 is 0. The average Bonchev–Trinajstić information content (AvgIpc) is 2.71. The summed E-state index contributed by atoms with van der Waals surface area (Å²) in [5.41, 5.74) is 1.45. The van der Waals surface area contributed by atoms with Gasteiger partial charge in [-0.05, 0) is 49.6 Å². The van der Waals surface area contributed by atoms with Gasteiger partial charge in [0.1, 0.15) is 17.4 Å². The zero-order valence-electron chi connectivity index (χ0n) is 17.8. The number of hydrogen-bond acceptors (Lipinski definition) is 6. The monoisotopic (exact) mass is 443 g/mol. The molecule has 0 saturated heterocycles. The van der Waals surface area contributed by atoms with Gasteiger partial charge in [-0.3, -0.25) is 0 Å². The molecular formula is C23H25NO6S. The highest BCUT2D eigenvalue weighted by molar-refractivity contribution is 7.89. The number of carbonyl (C=O) groups is 1. The predicted octanol–water partition coefficient (Wildman–Crippen LogP) is 3.71. The highest BCUT2D eigenvalue weighted by Crippen LogP contribution is 2.23. The minimum Gasteiger partial charge on any atom is -0.425 e. The smallest absolute Gasteiger partial charge is 0.336 e. The lowest BCUT2D eigenvalue weighted by Crippen LogP contribution is -2.46. The topological polar surface area (TPSA) is 103 Å². The fraction of sp³-hybridized carbons (Fsp3) is 0.304. The summed E-state index contributed by atoms with van der Waals surface area (Å²) in [5.74, 6) is -0.887. The van der Waals surface area contributed by atoms with Crippen LogP contribution in [0.1, 0.15) is 31.4 Å². The van der Waals surface area contributed by atoms with E-state index in [1.807, 2.05) is 13.8 Å². The molecule has 0 amide bonds. The molecule has 0 aliphatic rings. The second-order valence-electron chi connectivity index (χ2n) is 7.63. The first-order chi connectivity index (χ1) is 14.6. The summed E-state index contributed by atoms with van der Waals surface area (Å²) in [4.78, 5) is 24.6. The molecule has 7 nitrogen and oxygen atoms in total. The Hall–Kier alpha value is -2.97. The minimum atomic E-state index is -3.93. The van der Waals surface area contributed by atoms with Crippen LogP contribution in [0, 0.1) is 19.8 Å². The van der Waals surface area contributed by atoms with E-state index in [-0.39, 0.29) is 22.1 Å². The van der Waals surface area contributed by atoms with E-state index >= 15 is 0 Å². The third kappa shape index (κ3) is 5.21. The zero-order valence-corrected chi connectivity index (χ0v) is 18.7. The highest BCUT2D eigenvalue weighted by Gasteiger charge is 2.31. The maximum absolute atomic E-state index is 12.9. The molecule has 8 heteroatoms. The molecular weight excluding hydrogens is 418 g/mol. The SMILES string of the molecule is CC[C@H](C)[C@H](NS(=O)(=O)c1ccc(C)cc1)C(=O)Oc1ccc2c(C)cc(=O)oc2c1. The van der Waals surface area contributed by atoms with Gasteiger partial charge < -0.3 is 9.15 Å². The molecule has 2 atom stereocenters. The lowest BCUT2D eigenvalue weighted by Gasteiger charge is -2.22. The van der Waals surface area contributed by atoms with Gasteiger partial charge in [0, 0.05) is 17.5 Å². The maximum Gasteiger partial charge on any atom is 0.336 e. The van der Waals surface area contributed by atoms with Crippen molar-refractivity contribution in [2.75, 3.05) is 0 Å². The van der Waals surface area contributed by atoms with Gasteiger partial charge in [-0.15, -0.1) is 0 Å². The molecule has 3 rings (SSSR count). The van der Waals surface area contributed by atoms with Crippen molar-refractivity contribution in [3.05, 3.63) is 70.1 Å². The van der Waals surface area contributed by atoms with E-state index in [1.165, 1.54) is 24.3 Å². The van der Waals surface area contributed by atoms with Crippen LogP contribution in [0.4, 0.5) is 0 Å². The molecule has 1 aromatic heterocycles. The Kier molecular flexibility index (Phi) is 6.62. The Morgan fingerprint density at radius 2 is 1.77 bits per heavy atom. The molecule has 3 aromatic rings. The summed E-state index contributed by atoms with van der Waals surface area (Å²) in [7, 11) is -3.93. The summed E-state index contributed by atoms with van der Waals surface area (Å²) in [5, 5.41) is 0.720. The number of sulfonamides is 1. The fourth-order valence-corrected chi connectivity index (χ4v) is 4.43. The van der Waals surface area contributed by atoms with Crippen LogP contribution in [-0.4, -0.2) is 20.4 Å². The van der Waals surface area contributed by atoms with Crippen LogP contribution in [0.5, 0.6) is 5.75 Å². The van der Waals surface area contributed by atoms with Gasteiger partial charge in [0.25, 0.3) is 0 Å². The second kappa shape index (κ2) is 9.03. The molecule has 0 aliphatic heterocycles. The van der Waals surface area contributed by atoms with Gasteiger partial charge in [-0.25, -0.2) is 18.0 Å². The maximum atomic E-state index is 12.9. The number of nitrogens with one attached hydrogen (secondary N) is 1. The lowest BCUT2D eigenvalue weighted by molar-refractivity contribution is -0.137. The number of hydrogen-bond donors (Lipinski definition) is 1. The van der Waals surface area contributed by atoms with Crippen LogP contribution in [0.15, 0.2) is 62.6 Å². The standard InChI is InChI=1S/C23H25NO6S/c1-5-15(3)22(24-31(27,28)18-9-6-14(2)7-10-18)23(26)29-17-8-11-19-16(4)12-21(25)30-20(19)13-17/h6-13,15,22,24H,5H2,1-4H3/t15-,22-/m0/s1.